The Kier molecular flexibility index (Phi) is 6.41. The SMILES string of the molecule is COCCn1c(N)c(N(CC(=O)c2c[nH]c3ccccc23)Cc2ccccc2)c(=O)[nH]c1=O. The summed E-state index contributed by atoms with van der Waals surface area (Å²) in [5, 5.41) is 0.800. The van der Waals surface area contributed by atoms with E-state index in [2.05, 4.69) is 9.97 Å². The molecule has 2 heterocycles. The number of Topliss-reactive ketones (excluding diaryl/α,β-unsaturated/α-hetero) is 1. The number of nitrogens with zero attached hydrogens (tertiary/aromatic N) is 2. The number of para-hydroxylation sites is 1. The molecule has 2 aromatic carbocycles. The molecule has 9 heteroatoms. The Morgan fingerprint density at radius 3 is 2.58 bits per heavy atom. The first kappa shape index (κ1) is 22.1. The van der Waals surface area contributed by atoms with Crippen molar-refractivity contribution in [3.05, 3.63) is 92.8 Å². The summed E-state index contributed by atoms with van der Waals surface area (Å²) >= 11 is 0. The van der Waals surface area contributed by atoms with Crippen LogP contribution in [0.4, 0.5) is 11.5 Å². The lowest BCUT2D eigenvalue weighted by Gasteiger charge is -2.25. The van der Waals surface area contributed by atoms with Crippen molar-refractivity contribution in [3.8, 4) is 0 Å². The zero-order valence-electron chi connectivity index (χ0n) is 18.2. The summed E-state index contributed by atoms with van der Waals surface area (Å²) in [7, 11) is 1.51. The van der Waals surface area contributed by atoms with E-state index in [0.717, 1.165) is 16.5 Å². The number of methoxy groups -OCH3 is 1. The lowest BCUT2D eigenvalue weighted by atomic mass is 10.1. The number of ether oxygens (including phenoxy) is 1. The zero-order chi connectivity index (χ0) is 23.4. The van der Waals surface area contributed by atoms with Crippen LogP contribution < -0.4 is 21.9 Å². The molecule has 0 radical (unpaired) electrons. The molecule has 0 aliphatic rings. The number of H-pyrrole nitrogens is 2. The summed E-state index contributed by atoms with van der Waals surface area (Å²) < 4.78 is 6.30. The number of ketones is 1. The fourth-order valence-electron chi connectivity index (χ4n) is 3.87. The molecule has 2 aromatic heterocycles. The number of hydrogen-bond acceptors (Lipinski definition) is 6. The van der Waals surface area contributed by atoms with Gasteiger partial charge in [0.15, 0.2) is 5.78 Å². The van der Waals surface area contributed by atoms with Gasteiger partial charge in [0.2, 0.25) is 0 Å². The van der Waals surface area contributed by atoms with E-state index >= 15 is 0 Å². The first-order chi connectivity index (χ1) is 16.0. The van der Waals surface area contributed by atoms with Crippen LogP contribution in [0.3, 0.4) is 0 Å². The van der Waals surface area contributed by atoms with Crippen LogP contribution in [0.1, 0.15) is 15.9 Å². The highest BCUT2D eigenvalue weighted by Gasteiger charge is 2.23. The molecular weight excluding hydrogens is 422 g/mol. The van der Waals surface area contributed by atoms with Gasteiger partial charge in [0.25, 0.3) is 5.56 Å². The van der Waals surface area contributed by atoms with Gasteiger partial charge in [0.1, 0.15) is 11.5 Å². The van der Waals surface area contributed by atoms with Crippen LogP contribution in [0.25, 0.3) is 10.9 Å². The maximum Gasteiger partial charge on any atom is 0.330 e. The third-order valence-electron chi connectivity index (χ3n) is 5.49. The quantitative estimate of drug-likeness (QED) is 0.338. The minimum Gasteiger partial charge on any atom is -0.383 e. The Hall–Kier alpha value is -4.11. The Labute approximate surface area is 189 Å². The van der Waals surface area contributed by atoms with E-state index in [-0.39, 0.29) is 43.5 Å². The molecule has 4 rings (SSSR count). The van der Waals surface area contributed by atoms with Crippen molar-refractivity contribution in [2.45, 2.75) is 13.1 Å². The predicted octanol–water partition coefficient (Wildman–Crippen LogP) is 2.14. The van der Waals surface area contributed by atoms with Crippen molar-refractivity contribution >= 4 is 28.2 Å². The van der Waals surface area contributed by atoms with Gasteiger partial charge < -0.3 is 20.4 Å². The van der Waals surface area contributed by atoms with Gasteiger partial charge >= 0.3 is 5.69 Å². The van der Waals surface area contributed by atoms with Gasteiger partial charge in [-0.15, -0.1) is 0 Å². The van der Waals surface area contributed by atoms with E-state index < -0.39 is 11.2 Å². The summed E-state index contributed by atoms with van der Waals surface area (Å²) in [5.74, 6) is -0.194. The molecule has 0 unspecified atom stereocenters. The number of nitrogens with one attached hydrogen (secondary N) is 2. The van der Waals surface area contributed by atoms with Crippen LogP contribution in [0.2, 0.25) is 0 Å². The second-order valence-electron chi connectivity index (χ2n) is 7.65. The second kappa shape index (κ2) is 9.58. The van der Waals surface area contributed by atoms with E-state index in [1.807, 2.05) is 54.6 Å². The number of aromatic amines is 2. The second-order valence-corrected chi connectivity index (χ2v) is 7.65. The molecule has 0 aliphatic carbocycles. The average Bonchev–Trinajstić information content (AvgIpc) is 3.24. The van der Waals surface area contributed by atoms with Gasteiger partial charge in [0.05, 0.1) is 19.7 Å². The van der Waals surface area contributed by atoms with Crippen molar-refractivity contribution in [2.75, 3.05) is 30.9 Å². The lowest BCUT2D eigenvalue weighted by Crippen LogP contribution is -2.40. The summed E-state index contributed by atoms with van der Waals surface area (Å²) in [4.78, 5) is 45.6. The Balaban J connectivity index is 1.77. The van der Waals surface area contributed by atoms with Crippen molar-refractivity contribution in [1.82, 2.24) is 14.5 Å². The molecule has 0 spiro atoms. The number of rotatable bonds is 9. The van der Waals surface area contributed by atoms with Crippen molar-refractivity contribution in [2.24, 2.45) is 0 Å². The van der Waals surface area contributed by atoms with Gasteiger partial charge in [0, 0.05) is 36.3 Å². The van der Waals surface area contributed by atoms with E-state index in [9.17, 15) is 14.4 Å². The number of anilines is 2. The third kappa shape index (κ3) is 4.58. The smallest absolute Gasteiger partial charge is 0.330 e. The lowest BCUT2D eigenvalue weighted by molar-refractivity contribution is 0.1000. The Morgan fingerprint density at radius 1 is 1.09 bits per heavy atom. The molecular formula is C24H25N5O4. The highest BCUT2D eigenvalue weighted by Crippen LogP contribution is 2.23. The van der Waals surface area contributed by atoms with Gasteiger partial charge in [-0.2, -0.15) is 0 Å². The first-order valence-electron chi connectivity index (χ1n) is 10.5. The maximum absolute atomic E-state index is 13.3. The average molecular weight is 447 g/mol. The van der Waals surface area contributed by atoms with Crippen molar-refractivity contribution < 1.29 is 9.53 Å². The van der Waals surface area contributed by atoms with Crippen molar-refractivity contribution in [3.63, 3.8) is 0 Å². The molecule has 0 bridgehead atoms. The minimum atomic E-state index is -0.645. The summed E-state index contributed by atoms with van der Waals surface area (Å²) in [5.41, 5.74) is 7.35. The summed E-state index contributed by atoms with van der Waals surface area (Å²) in [6.07, 6.45) is 1.67. The van der Waals surface area contributed by atoms with Crippen LogP contribution >= 0.6 is 0 Å². The fraction of sp³-hybridized carbons (Fsp3) is 0.208. The van der Waals surface area contributed by atoms with Crippen molar-refractivity contribution in [1.29, 1.82) is 0 Å². The molecule has 0 fully saturated rings. The van der Waals surface area contributed by atoms with E-state index in [1.54, 1.807) is 11.1 Å². The predicted molar refractivity (Wildman–Crippen MR) is 128 cm³/mol. The van der Waals surface area contributed by atoms with Crippen LogP contribution in [-0.4, -0.2) is 40.6 Å². The third-order valence-corrected chi connectivity index (χ3v) is 5.49. The van der Waals surface area contributed by atoms with Gasteiger partial charge in [-0.25, -0.2) is 4.79 Å². The molecule has 0 amide bonds. The monoisotopic (exact) mass is 447 g/mol. The highest BCUT2D eigenvalue weighted by atomic mass is 16.5. The normalized spacial score (nSPS) is 11.1. The number of hydrogen-bond donors (Lipinski definition) is 3. The molecule has 0 atom stereocenters. The number of nitrogens with two attached hydrogens (primary N) is 1. The molecule has 33 heavy (non-hydrogen) atoms. The van der Waals surface area contributed by atoms with Crippen LogP contribution in [0.15, 0.2) is 70.4 Å². The highest BCUT2D eigenvalue weighted by molar-refractivity contribution is 6.09. The number of carbonyl (C=O) groups is 1. The standard InChI is InChI=1S/C24H25N5O4/c1-33-12-11-29-22(25)21(23(31)27-24(29)32)28(14-16-7-3-2-4-8-16)15-20(30)18-13-26-19-10-6-5-9-17(18)19/h2-10,13,26H,11-12,14-15,25H2,1H3,(H,27,31,32). The summed E-state index contributed by atoms with van der Waals surface area (Å²) in [6.45, 7) is 0.556. The van der Waals surface area contributed by atoms with Crippen LogP contribution in [-0.2, 0) is 17.8 Å². The number of fused-ring (bicyclic) bond motifs is 1. The van der Waals surface area contributed by atoms with E-state index in [4.69, 9.17) is 10.5 Å². The number of aromatic nitrogens is 3. The molecule has 0 aliphatic heterocycles. The molecule has 4 N–H and O–H groups in total. The molecule has 4 aromatic rings. The molecule has 0 saturated carbocycles. The van der Waals surface area contributed by atoms with Gasteiger partial charge in [-0.05, 0) is 11.6 Å². The van der Waals surface area contributed by atoms with E-state index in [0.29, 0.717) is 5.56 Å². The maximum atomic E-state index is 13.3. The number of benzene rings is 2. The van der Waals surface area contributed by atoms with Crippen LogP contribution in [0, 0.1) is 0 Å². The first-order valence-corrected chi connectivity index (χ1v) is 10.5. The van der Waals surface area contributed by atoms with E-state index in [1.165, 1.54) is 11.7 Å². The zero-order valence-corrected chi connectivity index (χ0v) is 18.2. The largest absolute Gasteiger partial charge is 0.383 e. The topological polar surface area (TPSA) is 126 Å². The van der Waals surface area contributed by atoms with Crippen LogP contribution in [0.5, 0.6) is 0 Å². The van der Waals surface area contributed by atoms with Gasteiger partial charge in [-0.1, -0.05) is 48.5 Å². The molecule has 170 valence electrons. The fourth-order valence-corrected chi connectivity index (χ4v) is 3.87. The summed E-state index contributed by atoms with van der Waals surface area (Å²) in [6, 6.07) is 16.9. The van der Waals surface area contributed by atoms with Gasteiger partial charge in [-0.3, -0.25) is 19.1 Å². The Morgan fingerprint density at radius 2 is 1.82 bits per heavy atom. The number of nitrogen functional groups attached to an aromatic ring is 1. The molecule has 0 saturated heterocycles. The Bertz CT molecular complexity index is 1390. The number of carbonyl (C=O) groups excluding carboxylic acids is 1. The minimum absolute atomic E-state index is 0.0107. The molecule has 9 nitrogen and oxygen atoms in total.